The predicted octanol–water partition coefficient (Wildman–Crippen LogP) is 3.71. The smallest absolute Gasteiger partial charge is 0.343 e. The molecule has 1 aliphatic rings. The van der Waals surface area contributed by atoms with Crippen LogP contribution in [0.2, 0.25) is 0 Å². The van der Waals surface area contributed by atoms with Crippen LogP contribution in [-0.4, -0.2) is 19.0 Å². The number of esters is 2. The zero-order valence-electron chi connectivity index (χ0n) is 16.1. The molecule has 4 rings (SSSR count). The highest BCUT2D eigenvalue weighted by molar-refractivity contribution is 6.06. The summed E-state index contributed by atoms with van der Waals surface area (Å²) in [6.07, 6.45) is 3.17. The molecule has 0 atom stereocenters. The van der Waals surface area contributed by atoms with Crippen molar-refractivity contribution in [3.8, 4) is 11.5 Å². The van der Waals surface area contributed by atoms with Crippen LogP contribution in [0.25, 0.3) is 22.8 Å². The molecule has 1 aromatic heterocycles. The van der Waals surface area contributed by atoms with Crippen LogP contribution in [0.3, 0.4) is 0 Å². The lowest BCUT2D eigenvalue weighted by Gasteiger charge is -2.05. The maximum atomic E-state index is 12.4. The number of fused-ring (bicyclic) bond motifs is 1. The Bertz CT molecular complexity index is 1280. The fourth-order valence-corrected chi connectivity index (χ4v) is 3.07. The monoisotopic (exact) mass is 404 g/mol. The molecule has 0 saturated heterocycles. The van der Waals surface area contributed by atoms with Crippen LogP contribution in [0, 0.1) is 0 Å². The molecule has 0 aliphatic carbocycles. The summed E-state index contributed by atoms with van der Waals surface area (Å²) in [6.45, 7) is 1.28. The van der Waals surface area contributed by atoms with Crippen LogP contribution in [-0.2, 0) is 14.3 Å². The molecule has 0 spiro atoms. The van der Waals surface area contributed by atoms with Crippen LogP contribution in [0.15, 0.2) is 69.4 Å². The summed E-state index contributed by atoms with van der Waals surface area (Å²) in [5, 5.41) is 0.581. The predicted molar refractivity (Wildman–Crippen MR) is 109 cm³/mol. The molecule has 150 valence electrons. The molecule has 2 aromatic carbocycles. The zero-order valence-corrected chi connectivity index (χ0v) is 16.1. The van der Waals surface area contributed by atoms with E-state index in [1.54, 1.807) is 55.7 Å². The maximum Gasteiger partial charge on any atom is 0.343 e. The number of hydrogen-bond acceptors (Lipinski definition) is 7. The van der Waals surface area contributed by atoms with E-state index in [0.29, 0.717) is 22.5 Å². The first-order valence-electron chi connectivity index (χ1n) is 8.99. The normalized spacial score (nSPS) is 14.5. The number of ether oxygens (including phenoxy) is 3. The molecule has 0 bridgehead atoms. The summed E-state index contributed by atoms with van der Waals surface area (Å²) in [5.74, 6) is 0.330. The largest absolute Gasteiger partial charge is 0.497 e. The van der Waals surface area contributed by atoms with E-state index in [0.717, 1.165) is 5.56 Å². The van der Waals surface area contributed by atoms with Crippen molar-refractivity contribution in [1.29, 1.82) is 0 Å². The van der Waals surface area contributed by atoms with Gasteiger partial charge in [-0.05, 0) is 54.1 Å². The Hall–Kier alpha value is -4.13. The Kier molecular flexibility index (Phi) is 4.93. The summed E-state index contributed by atoms with van der Waals surface area (Å²) in [7, 11) is 1.57. The molecular weight excluding hydrogens is 388 g/mol. The minimum absolute atomic E-state index is 0.235. The number of carbonyl (C=O) groups excluding carboxylic acids is 2. The average Bonchev–Trinajstić information content (AvgIpc) is 3.07. The minimum atomic E-state index is -0.597. The summed E-state index contributed by atoms with van der Waals surface area (Å²) < 4.78 is 20.7. The number of cyclic esters (lactones) is 1. The Labute approximate surface area is 170 Å². The Morgan fingerprint density at radius 1 is 1.00 bits per heavy atom. The Morgan fingerprint density at radius 2 is 1.73 bits per heavy atom. The van der Waals surface area contributed by atoms with Gasteiger partial charge in [0, 0.05) is 30.0 Å². The second-order valence-corrected chi connectivity index (χ2v) is 6.50. The quantitative estimate of drug-likeness (QED) is 0.283. The summed E-state index contributed by atoms with van der Waals surface area (Å²) in [6, 6.07) is 13.1. The Morgan fingerprint density at radius 3 is 2.43 bits per heavy atom. The van der Waals surface area contributed by atoms with E-state index in [4.69, 9.17) is 18.6 Å². The highest BCUT2D eigenvalue weighted by atomic mass is 16.5. The van der Waals surface area contributed by atoms with Crippen molar-refractivity contribution in [2.45, 2.75) is 6.92 Å². The van der Waals surface area contributed by atoms with Crippen molar-refractivity contribution in [2.75, 3.05) is 7.11 Å². The number of carbonyl (C=O) groups is 2. The van der Waals surface area contributed by atoms with E-state index < -0.39 is 17.6 Å². The molecule has 0 radical (unpaired) electrons. The highest BCUT2D eigenvalue weighted by Crippen LogP contribution is 2.30. The molecule has 0 saturated carbocycles. The van der Waals surface area contributed by atoms with Crippen LogP contribution in [0.1, 0.15) is 18.1 Å². The molecule has 3 aromatic rings. The van der Waals surface area contributed by atoms with Crippen molar-refractivity contribution in [2.24, 2.45) is 0 Å². The third-order valence-corrected chi connectivity index (χ3v) is 4.42. The summed E-state index contributed by atoms with van der Waals surface area (Å²) in [4.78, 5) is 35.5. The first-order valence-corrected chi connectivity index (χ1v) is 8.99. The van der Waals surface area contributed by atoms with E-state index in [-0.39, 0.29) is 16.9 Å². The van der Waals surface area contributed by atoms with Gasteiger partial charge in [-0.2, -0.15) is 0 Å². The average molecular weight is 404 g/mol. The van der Waals surface area contributed by atoms with Crippen LogP contribution < -0.4 is 15.1 Å². The van der Waals surface area contributed by atoms with Crippen molar-refractivity contribution in [3.05, 3.63) is 81.7 Å². The molecule has 0 N–H and O–H groups in total. The number of benzene rings is 2. The van der Waals surface area contributed by atoms with Gasteiger partial charge in [-0.25, -0.2) is 9.59 Å². The van der Waals surface area contributed by atoms with E-state index >= 15 is 0 Å². The Balaban J connectivity index is 1.74. The lowest BCUT2D eigenvalue weighted by molar-refractivity contribution is -0.132. The van der Waals surface area contributed by atoms with Gasteiger partial charge in [-0.15, -0.1) is 0 Å². The molecule has 7 heteroatoms. The summed E-state index contributed by atoms with van der Waals surface area (Å²) >= 11 is 0. The minimum Gasteiger partial charge on any atom is -0.497 e. The van der Waals surface area contributed by atoms with Crippen LogP contribution in [0.4, 0.5) is 0 Å². The van der Waals surface area contributed by atoms with Gasteiger partial charge >= 0.3 is 17.6 Å². The fraction of sp³-hybridized carbons (Fsp3) is 0.0870. The van der Waals surface area contributed by atoms with Crippen molar-refractivity contribution in [3.63, 3.8) is 0 Å². The van der Waals surface area contributed by atoms with Crippen molar-refractivity contribution < 1.29 is 28.2 Å². The SMILES string of the molecule is COc1ccc(C2=C/C(=C\c3cc(=O)oc4cc(OC(C)=O)ccc34)C(=O)O2)cc1. The molecule has 0 amide bonds. The van der Waals surface area contributed by atoms with Gasteiger partial charge in [0.1, 0.15) is 22.8 Å². The van der Waals surface area contributed by atoms with Gasteiger partial charge in [0.2, 0.25) is 0 Å². The third-order valence-electron chi connectivity index (χ3n) is 4.42. The first-order chi connectivity index (χ1) is 14.4. The number of hydrogen-bond donors (Lipinski definition) is 0. The zero-order chi connectivity index (χ0) is 21.3. The topological polar surface area (TPSA) is 92.0 Å². The molecular formula is C23H16O7. The lowest BCUT2D eigenvalue weighted by atomic mass is 10.1. The van der Waals surface area contributed by atoms with E-state index in [2.05, 4.69) is 0 Å². The molecule has 1 aliphatic heterocycles. The van der Waals surface area contributed by atoms with Crippen LogP contribution in [0.5, 0.6) is 11.5 Å². The number of methoxy groups -OCH3 is 1. The molecule has 30 heavy (non-hydrogen) atoms. The molecule has 0 unspecified atom stereocenters. The van der Waals surface area contributed by atoms with E-state index in [1.807, 2.05) is 0 Å². The lowest BCUT2D eigenvalue weighted by Crippen LogP contribution is -2.03. The highest BCUT2D eigenvalue weighted by Gasteiger charge is 2.22. The van der Waals surface area contributed by atoms with Gasteiger partial charge < -0.3 is 18.6 Å². The van der Waals surface area contributed by atoms with E-state index in [9.17, 15) is 14.4 Å². The van der Waals surface area contributed by atoms with Crippen molar-refractivity contribution >= 4 is 34.7 Å². The second kappa shape index (κ2) is 7.71. The number of rotatable bonds is 4. The molecule has 7 nitrogen and oxygen atoms in total. The van der Waals surface area contributed by atoms with Crippen LogP contribution >= 0.6 is 0 Å². The summed E-state index contributed by atoms with van der Waals surface area (Å²) in [5.41, 5.74) is 1.13. The van der Waals surface area contributed by atoms with E-state index in [1.165, 1.54) is 19.1 Å². The standard InChI is InChI=1S/C23H16O7/c1-13(24)28-18-7-8-19-15(11-22(25)29-21(19)12-18)9-16-10-20(30-23(16)26)14-3-5-17(27-2)6-4-14/h3-12H,1-2H3/b16-9+. The van der Waals surface area contributed by atoms with Gasteiger partial charge in [0.25, 0.3) is 0 Å². The van der Waals surface area contributed by atoms with Gasteiger partial charge in [0.05, 0.1) is 12.7 Å². The fourth-order valence-electron chi connectivity index (χ4n) is 3.07. The molecule has 2 heterocycles. The molecule has 0 fully saturated rings. The van der Waals surface area contributed by atoms with Crippen molar-refractivity contribution in [1.82, 2.24) is 0 Å². The van der Waals surface area contributed by atoms with Gasteiger partial charge in [-0.1, -0.05) is 0 Å². The third kappa shape index (κ3) is 3.86. The van der Waals surface area contributed by atoms with Gasteiger partial charge in [-0.3, -0.25) is 4.79 Å². The van der Waals surface area contributed by atoms with Gasteiger partial charge in [0.15, 0.2) is 0 Å². The second-order valence-electron chi connectivity index (χ2n) is 6.50. The first kappa shape index (κ1) is 19.2. The maximum absolute atomic E-state index is 12.4.